The van der Waals surface area contributed by atoms with Crippen LogP contribution in [0.2, 0.25) is 0 Å². The van der Waals surface area contributed by atoms with Crippen LogP contribution in [-0.4, -0.2) is 31.0 Å². The van der Waals surface area contributed by atoms with E-state index in [9.17, 15) is 0 Å². The van der Waals surface area contributed by atoms with Crippen LogP contribution < -0.4 is 5.73 Å². The van der Waals surface area contributed by atoms with Gasteiger partial charge in [-0.2, -0.15) is 0 Å². The molecule has 0 aromatic heterocycles. The lowest BCUT2D eigenvalue weighted by Gasteiger charge is -2.45. The molecule has 0 bridgehead atoms. The molecule has 1 saturated heterocycles. The number of aliphatic hydroxyl groups is 1. The highest BCUT2D eigenvalue weighted by molar-refractivity contribution is 4.93. The molecule has 3 heteroatoms. The fourth-order valence-electron chi connectivity index (χ4n) is 1.60. The Hall–Kier alpha value is -0.120. The van der Waals surface area contributed by atoms with E-state index in [0.717, 1.165) is 26.1 Å². The summed E-state index contributed by atoms with van der Waals surface area (Å²) in [6.45, 7) is 3.65. The molecule has 3 nitrogen and oxygen atoms in total. The van der Waals surface area contributed by atoms with Gasteiger partial charge in [-0.25, -0.2) is 0 Å². The molecule has 66 valence electrons. The Morgan fingerprint density at radius 2 is 2.27 bits per heavy atom. The van der Waals surface area contributed by atoms with E-state index < -0.39 is 0 Å². The summed E-state index contributed by atoms with van der Waals surface area (Å²) in [5.74, 6) is 0. The van der Waals surface area contributed by atoms with Crippen LogP contribution in [0.15, 0.2) is 0 Å². The van der Waals surface area contributed by atoms with Gasteiger partial charge in [0.1, 0.15) is 0 Å². The highest BCUT2D eigenvalue weighted by atomic mass is 16.5. The van der Waals surface area contributed by atoms with Crippen molar-refractivity contribution in [1.29, 1.82) is 0 Å². The van der Waals surface area contributed by atoms with Gasteiger partial charge in [-0.3, -0.25) is 0 Å². The van der Waals surface area contributed by atoms with E-state index in [-0.39, 0.29) is 18.1 Å². The van der Waals surface area contributed by atoms with E-state index in [0.29, 0.717) is 0 Å². The molecule has 0 spiro atoms. The SMILES string of the molecule is CCCC1(C(N)CO)COC1. The molecule has 0 aromatic carbocycles. The Balaban J connectivity index is 2.45. The number of nitrogens with two attached hydrogens (primary N) is 1. The van der Waals surface area contributed by atoms with Crippen LogP contribution >= 0.6 is 0 Å². The molecule has 1 fully saturated rings. The van der Waals surface area contributed by atoms with Crippen LogP contribution in [0.25, 0.3) is 0 Å². The summed E-state index contributed by atoms with van der Waals surface area (Å²) in [5.41, 5.74) is 5.86. The second kappa shape index (κ2) is 3.52. The standard InChI is InChI=1S/C8H17NO2/c1-2-3-8(5-11-6-8)7(9)4-10/h7,10H,2-6,9H2,1H3. The molecule has 0 aliphatic carbocycles. The number of hydrogen-bond donors (Lipinski definition) is 2. The van der Waals surface area contributed by atoms with Crippen molar-refractivity contribution >= 4 is 0 Å². The van der Waals surface area contributed by atoms with Crippen LogP contribution in [0.5, 0.6) is 0 Å². The first-order valence-corrected chi connectivity index (χ1v) is 4.19. The third-order valence-electron chi connectivity index (χ3n) is 2.51. The average molecular weight is 159 g/mol. The minimum atomic E-state index is -0.101. The number of rotatable bonds is 4. The molecule has 1 heterocycles. The topological polar surface area (TPSA) is 55.5 Å². The lowest BCUT2D eigenvalue weighted by molar-refractivity contribution is -0.137. The predicted octanol–water partition coefficient (Wildman–Crippen LogP) is 0.123. The normalized spacial score (nSPS) is 24.3. The third kappa shape index (κ3) is 1.55. The molecule has 1 atom stereocenters. The first kappa shape index (κ1) is 8.97. The zero-order chi connectivity index (χ0) is 8.32. The maximum absolute atomic E-state index is 8.88. The van der Waals surface area contributed by atoms with Crippen molar-refractivity contribution in [3.05, 3.63) is 0 Å². The van der Waals surface area contributed by atoms with E-state index in [4.69, 9.17) is 15.6 Å². The quantitative estimate of drug-likeness (QED) is 0.612. The average Bonchev–Trinajstić information content (AvgIpc) is 1.95. The van der Waals surface area contributed by atoms with Gasteiger partial charge in [0.25, 0.3) is 0 Å². The van der Waals surface area contributed by atoms with Crippen LogP contribution in [-0.2, 0) is 4.74 Å². The van der Waals surface area contributed by atoms with Crippen LogP contribution in [0.4, 0.5) is 0 Å². The number of aliphatic hydroxyl groups excluding tert-OH is 1. The highest BCUT2D eigenvalue weighted by Crippen LogP contribution is 2.35. The molecule has 0 saturated carbocycles. The van der Waals surface area contributed by atoms with Crippen molar-refractivity contribution in [2.24, 2.45) is 11.1 Å². The number of hydrogen-bond acceptors (Lipinski definition) is 3. The fourth-order valence-corrected chi connectivity index (χ4v) is 1.60. The zero-order valence-corrected chi connectivity index (χ0v) is 7.05. The summed E-state index contributed by atoms with van der Waals surface area (Å²) in [6.07, 6.45) is 2.17. The van der Waals surface area contributed by atoms with Crippen molar-refractivity contribution in [1.82, 2.24) is 0 Å². The first-order valence-electron chi connectivity index (χ1n) is 4.19. The van der Waals surface area contributed by atoms with Gasteiger partial charge in [0.05, 0.1) is 19.8 Å². The van der Waals surface area contributed by atoms with Crippen molar-refractivity contribution in [3.8, 4) is 0 Å². The summed E-state index contributed by atoms with van der Waals surface area (Å²) in [5, 5.41) is 8.88. The molecule has 1 aliphatic heterocycles. The number of ether oxygens (including phenoxy) is 1. The van der Waals surface area contributed by atoms with E-state index in [1.807, 2.05) is 0 Å². The van der Waals surface area contributed by atoms with Gasteiger partial charge in [0.15, 0.2) is 0 Å². The summed E-state index contributed by atoms with van der Waals surface area (Å²) < 4.78 is 5.12. The Bertz CT molecular complexity index is 123. The van der Waals surface area contributed by atoms with Gasteiger partial charge < -0.3 is 15.6 Å². The third-order valence-corrected chi connectivity index (χ3v) is 2.51. The van der Waals surface area contributed by atoms with Crippen molar-refractivity contribution in [2.45, 2.75) is 25.8 Å². The zero-order valence-electron chi connectivity index (χ0n) is 7.05. The molecule has 11 heavy (non-hydrogen) atoms. The molecule has 0 radical (unpaired) electrons. The smallest absolute Gasteiger partial charge is 0.0589 e. The summed E-state index contributed by atoms with van der Waals surface area (Å²) in [4.78, 5) is 0. The minimum Gasteiger partial charge on any atom is -0.395 e. The summed E-state index contributed by atoms with van der Waals surface area (Å²) in [6, 6.07) is -0.101. The Kier molecular flexibility index (Phi) is 2.87. The lowest BCUT2D eigenvalue weighted by atomic mass is 9.75. The van der Waals surface area contributed by atoms with Crippen molar-refractivity contribution < 1.29 is 9.84 Å². The fraction of sp³-hybridized carbons (Fsp3) is 1.00. The van der Waals surface area contributed by atoms with Crippen LogP contribution in [0.3, 0.4) is 0 Å². The molecule has 1 unspecified atom stereocenters. The van der Waals surface area contributed by atoms with Gasteiger partial charge in [-0.1, -0.05) is 13.3 Å². The van der Waals surface area contributed by atoms with E-state index in [2.05, 4.69) is 6.92 Å². The first-order chi connectivity index (χ1) is 5.25. The van der Waals surface area contributed by atoms with E-state index >= 15 is 0 Å². The van der Waals surface area contributed by atoms with Gasteiger partial charge in [0.2, 0.25) is 0 Å². The van der Waals surface area contributed by atoms with E-state index in [1.54, 1.807) is 0 Å². The van der Waals surface area contributed by atoms with Crippen molar-refractivity contribution in [3.63, 3.8) is 0 Å². The summed E-state index contributed by atoms with van der Waals surface area (Å²) >= 11 is 0. The summed E-state index contributed by atoms with van der Waals surface area (Å²) in [7, 11) is 0. The predicted molar refractivity (Wildman–Crippen MR) is 43.2 cm³/mol. The minimum absolute atomic E-state index is 0.0728. The molecular formula is C8H17NO2. The molecule has 1 rings (SSSR count). The van der Waals surface area contributed by atoms with Gasteiger partial charge in [-0.05, 0) is 6.42 Å². The largest absolute Gasteiger partial charge is 0.395 e. The van der Waals surface area contributed by atoms with Gasteiger partial charge in [0, 0.05) is 11.5 Å². The maximum atomic E-state index is 8.88. The molecule has 3 N–H and O–H groups in total. The monoisotopic (exact) mass is 159 g/mol. The maximum Gasteiger partial charge on any atom is 0.0589 e. The Morgan fingerprint density at radius 1 is 1.64 bits per heavy atom. The van der Waals surface area contributed by atoms with Crippen molar-refractivity contribution in [2.75, 3.05) is 19.8 Å². The second-order valence-electron chi connectivity index (χ2n) is 3.39. The molecule has 1 aliphatic rings. The van der Waals surface area contributed by atoms with Gasteiger partial charge >= 0.3 is 0 Å². The lowest BCUT2D eigenvalue weighted by Crippen LogP contribution is -2.56. The second-order valence-corrected chi connectivity index (χ2v) is 3.39. The molecule has 0 aromatic rings. The molecule has 0 amide bonds. The molecular weight excluding hydrogens is 142 g/mol. The Labute approximate surface area is 67.5 Å². The Morgan fingerprint density at radius 3 is 2.55 bits per heavy atom. The van der Waals surface area contributed by atoms with Crippen LogP contribution in [0, 0.1) is 5.41 Å². The van der Waals surface area contributed by atoms with Crippen LogP contribution in [0.1, 0.15) is 19.8 Å². The van der Waals surface area contributed by atoms with Gasteiger partial charge in [-0.15, -0.1) is 0 Å². The highest BCUT2D eigenvalue weighted by Gasteiger charge is 2.42. The van der Waals surface area contributed by atoms with E-state index in [1.165, 1.54) is 0 Å².